The molecule has 0 aromatic heterocycles. The maximum absolute atomic E-state index is 6.52. The van der Waals surface area contributed by atoms with Crippen molar-refractivity contribution in [2.24, 2.45) is 9.98 Å². The fourth-order valence-electron chi connectivity index (χ4n) is 2.79. The van der Waals surface area contributed by atoms with Crippen LogP contribution in [0.1, 0.15) is 19.4 Å². The van der Waals surface area contributed by atoms with Crippen molar-refractivity contribution in [2.45, 2.75) is 19.1 Å². The molecule has 0 fully saturated rings. The quantitative estimate of drug-likeness (QED) is 0.705. The second-order valence-corrected chi connectivity index (χ2v) is 8.07. The van der Waals surface area contributed by atoms with Crippen LogP contribution in [0.4, 0.5) is 11.4 Å². The molecule has 0 saturated carbocycles. The van der Waals surface area contributed by atoms with Gasteiger partial charge in [0.15, 0.2) is 0 Å². The molecule has 0 bridgehead atoms. The zero-order valence-corrected chi connectivity index (χ0v) is 16.1. The van der Waals surface area contributed by atoms with Gasteiger partial charge in [-0.25, -0.2) is 4.99 Å². The summed E-state index contributed by atoms with van der Waals surface area (Å²) in [7, 11) is 0. The van der Waals surface area contributed by atoms with Crippen molar-refractivity contribution in [3.05, 3.63) is 47.0 Å². The maximum Gasteiger partial charge on any atom is 0.148 e. The van der Waals surface area contributed by atoms with Gasteiger partial charge in [0.2, 0.25) is 0 Å². The van der Waals surface area contributed by atoms with E-state index in [4.69, 9.17) is 16.3 Å². The Morgan fingerprint density at radius 2 is 2.15 bits per heavy atom. The third-order valence-corrected chi connectivity index (χ3v) is 5.21. The predicted molar refractivity (Wildman–Crippen MR) is 111 cm³/mol. The third kappa shape index (κ3) is 3.39. The van der Waals surface area contributed by atoms with Crippen molar-refractivity contribution < 1.29 is 4.74 Å². The van der Waals surface area contributed by atoms with Crippen molar-refractivity contribution in [1.82, 2.24) is 4.90 Å². The Morgan fingerprint density at radius 1 is 1.27 bits per heavy atom. The number of nitrogens with zero attached hydrogens (tertiary/aromatic N) is 3. The van der Waals surface area contributed by atoms with Crippen LogP contribution >= 0.6 is 23.5 Å². The number of nitrogens with one attached hydrogen (secondary N) is 1. The van der Waals surface area contributed by atoms with E-state index in [1.54, 1.807) is 11.9 Å². The summed E-state index contributed by atoms with van der Waals surface area (Å²) in [6, 6.07) is 11.6. The SMILES string of the molecule is CC(C)SNc1cccc(Oc2ccc3c(c2)C2=NCCN2C=N3)c1Cl. The number of fused-ring (bicyclic) bond motifs is 3. The highest BCUT2D eigenvalue weighted by molar-refractivity contribution is 8.01. The molecule has 7 heteroatoms. The highest BCUT2D eigenvalue weighted by atomic mass is 35.5. The zero-order chi connectivity index (χ0) is 18.1. The fourth-order valence-corrected chi connectivity index (χ4v) is 3.59. The minimum Gasteiger partial charge on any atom is -0.456 e. The summed E-state index contributed by atoms with van der Waals surface area (Å²) in [5.74, 6) is 2.28. The Morgan fingerprint density at radius 3 is 3.00 bits per heavy atom. The van der Waals surface area contributed by atoms with Gasteiger partial charge in [-0.2, -0.15) is 0 Å². The van der Waals surface area contributed by atoms with Gasteiger partial charge in [-0.3, -0.25) is 4.99 Å². The van der Waals surface area contributed by atoms with Crippen LogP contribution in [-0.2, 0) is 0 Å². The summed E-state index contributed by atoms with van der Waals surface area (Å²) < 4.78 is 9.34. The van der Waals surface area contributed by atoms with Gasteiger partial charge in [0.25, 0.3) is 0 Å². The Labute approximate surface area is 162 Å². The first-order valence-corrected chi connectivity index (χ1v) is 9.75. The van der Waals surface area contributed by atoms with Gasteiger partial charge >= 0.3 is 0 Å². The number of halogens is 1. The van der Waals surface area contributed by atoms with E-state index in [9.17, 15) is 0 Å². The summed E-state index contributed by atoms with van der Waals surface area (Å²) in [6.07, 6.45) is 1.84. The minimum atomic E-state index is 0.451. The number of hydrogen-bond acceptors (Lipinski definition) is 6. The molecule has 0 atom stereocenters. The number of aliphatic imine (C=N–C) groups is 2. The number of ether oxygens (including phenoxy) is 1. The summed E-state index contributed by atoms with van der Waals surface area (Å²) in [6.45, 7) is 5.91. The standard InChI is InChI=1S/C19H19ClN4OS/c1-12(2)26-23-16-4-3-5-17(18(16)20)25-13-6-7-15-14(10-13)19-21-8-9-24(19)11-22-15/h3-7,10-12,23H,8-9H2,1-2H3. The van der Waals surface area contributed by atoms with E-state index >= 15 is 0 Å². The minimum absolute atomic E-state index is 0.451. The molecule has 0 radical (unpaired) electrons. The Kier molecular flexibility index (Phi) is 4.78. The topological polar surface area (TPSA) is 49.2 Å². The molecule has 2 aromatic carbocycles. The predicted octanol–water partition coefficient (Wildman–Crippen LogP) is 5.34. The summed E-state index contributed by atoms with van der Waals surface area (Å²) in [5, 5.41) is 1.02. The molecule has 0 aliphatic carbocycles. The molecule has 0 amide bonds. The molecule has 4 rings (SSSR count). The van der Waals surface area contributed by atoms with Gasteiger partial charge in [0, 0.05) is 17.4 Å². The second-order valence-electron chi connectivity index (χ2n) is 6.31. The van der Waals surface area contributed by atoms with Gasteiger partial charge in [-0.1, -0.05) is 31.5 Å². The average Bonchev–Trinajstić information content (AvgIpc) is 3.11. The van der Waals surface area contributed by atoms with Gasteiger partial charge < -0.3 is 14.4 Å². The molecule has 26 heavy (non-hydrogen) atoms. The fraction of sp³-hybridized carbons (Fsp3) is 0.263. The molecular weight excluding hydrogens is 368 g/mol. The monoisotopic (exact) mass is 386 g/mol. The first-order valence-electron chi connectivity index (χ1n) is 8.49. The van der Waals surface area contributed by atoms with Crippen molar-refractivity contribution in [3.63, 3.8) is 0 Å². The van der Waals surface area contributed by atoms with Crippen molar-refractivity contribution in [3.8, 4) is 11.5 Å². The third-order valence-electron chi connectivity index (χ3n) is 4.02. The lowest BCUT2D eigenvalue weighted by molar-refractivity contribution is 0.483. The summed E-state index contributed by atoms with van der Waals surface area (Å²) in [5.41, 5.74) is 2.74. The Hall–Kier alpha value is -2.18. The van der Waals surface area contributed by atoms with Crippen LogP contribution < -0.4 is 9.46 Å². The van der Waals surface area contributed by atoms with E-state index in [0.29, 0.717) is 21.8 Å². The van der Waals surface area contributed by atoms with Crippen LogP contribution in [-0.4, -0.2) is 35.4 Å². The van der Waals surface area contributed by atoms with Crippen LogP contribution in [0.5, 0.6) is 11.5 Å². The number of rotatable bonds is 5. The van der Waals surface area contributed by atoms with Gasteiger partial charge in [-0.05, 0) is 42.3 Å². The average molecular weight is 387 g/mol. The lowest BCUT2D eigenvalue weighted by Crippen LogP contribution is -2.29. The molecule has 2 aliphatic heterocycles. The molecule has 2 aromatic rings. The highest BCUT2D eigenvalue weighted by Crippen LogP contribution is 2.38. The van der Waals surface area contributed by atoms with E-state index in [0.717, 1.165) is 35.9 Å². The van der Waals surface area contributed by atoms with Crippen LogP contribution in [0.15, 0.2) is 46.4 Å². The molecule has 0 unspecified atom stereocenters. The lowest BCUT2D eigenvalue weighted by Gasteiger charge is -2.21. The molecule has 5 nitrogen and oxygen atoms in total. The molecule has 134 valence electrons. The largest absolute Gasteiger partial charge is 0.456 e. The maximum atomic E-state index is 6.52. The van der Waals surface area contributed by atoms with E-state index in [1.807, 2.05) is 42.7 Å². The molecule has 2 aliphatic rings. The zero-order valence-electron chi connectivity index (χ0n) is 14.6. The first kappa shape index (κ1) is 17.2. The van der Waals surface area contributed by atoms with Crippen molar-refractivity contribution in [1.29, 1.82) is 0 Å². The Bertz CT molecular complexity index is 897. The van der Waals surface area contributed by atoms with Gasteiger partial charge in [0.1, 0.15) is 22.4 Å². The van der Waals surface area contributed by atoms with Crippen molar-refractivity contribution in [2.75, 3.05) is 17.8 Å². The molecule has 1 N–H and O–H groups in total. The van der Waals surface area contributed by atoms with E-state index in [2.05, 4.69) is 33.5 Å². The smallest absolute Gasteiger partial charge is 0.148 e. The second kappa shape index (κ2) is 7.21. The van der Waals surface area contributed by atoms with Crippen molar-refractivity contribution >= 4 is 47.1 Å². The molecule has 0 spiro atoms. The molecule has 0 saturated heterocycles. The summed E-state index contributed by atoms with van der Waals surface area (Å²) in [4.78, 5) is 11.1. The van der Waals surface area contributed by atoms with Gasteiger partial charge in [-0.15, -0.1) is 0 Å². The highest BCUT2D eigenvalue weighted by Gasteiger charge is 2.24. The Balaban J connectivity index is 1.60. The molecular formula is C19H19ClN4OS. The van der Waals surface area contributed by atoms with Gasteiger partial charge in [0.05, 0.1) is 24.3 Å². The lowest BCUT2D eigenvalue weighted by atomic mass is 10.1. The number of anilines is 1. The van der Waals surface area contributed by atoms with E-state index in [1.165, 1.54) is 0 Å². The van der Waals surface area contributed by atoms with Crippen LogP contribution in [0.2, 0.25) is 5.02 Å². The number of amidine groups is 1. The van der Waals surface area contributed by atoms with E-state index in [-0.39, 0.29) is 0 Å². The van der Waals surface area contributed by atoms with Crippen LogP contribution in [0, 0.1) is 0 Å². The molecule has 2 heterocycles. The van der Waals surface area contributed by atoms with E-state index < -0.39 is 0 Å². The van der Waals surface area contributed by atoms with Crippen LogP contribution in [0.3, 0.4) is 0 Å². The first-order chi connectivity index (χ1) is 12.6. The summed E-state index contributed by atoms with van der Waals surface area (Å²) >= 11 is 8.13. The van der Waals surface area contributed by atoms with Crippen LogP contribution in [0.25, 0.3) is 0 Å². The number of hydrogen-bond donors (Lipinski definition) is 1. The number of benzene rings is 2. The normalized spacial score (nSPS) is 14.9.